The van der Waals surface area contributed by atoms with Gasteiger partial charge >= 0.3 is 0 Å². The van der Waals surface area contributed by atoms with Crippen LogP contribution < -0.4 is 10.6 Å². The minimum absolute atomic E-state index is 0.0631. The molecule has 2 N–H and O–H groups in total. The van der Waals surface area contributed by atoms with E-state index in [1.54, 1.807) is 41.4 Å². The number of hydrogen-bond donors (Lipinski definition) is 2. The fourth-order valence-electron chi connectivity index (χ4n) is 4.72. The van der Waals surface area contributed by atoms with E-state index >= 15 is 0 Å². The second-order valence-electron chi connectivity index (χ2n) is 9.52. The van der Waals surface area contributed by atoms with Gasteiger partial charge in [-0.25, -0.2) is 9.37 Å². The van der Waals surface area contributed by atoms with Gasteiger partial charge in [-0.05, 0) is 60.5 Å². The van der Waals surface area contributed by atoms with E-state index in [2.05, 4.69) is 15.6 Å². The minimum atomic E-state index is -0.908. The van der Waals surface area contributed by atoms with Crippen LogP contribution in [0.15, 0.2) is 66.2 Å². The summed E-state index contributed by atoms with van der Waals surface area (Å²) in [6.45, 7) is 0.247. The van der Waals surface area contributed by atoms with Crippen molar-refractivity contribution in [3.8, 4) is 0 Å². The van der Waals surface area contributed by atoms with Gasteiger partial charge < -0.3 is 15.5 Å². The molecule has 1 fully saturated rings. The van der Waals surface area contributed by atoms with Crippen LogP contribution in [0.2, 0.25) is 0 Å². The third kappa shape index (κ3) is 7.95. The number of halogens is 1. The second-order valence-corrected chi connectivity index (χ2v) is 10.5. The number of nitrogens with zero attached hydrogens (tertiary/aromatic N) is 2. The fourth-order valence-corrected chi connectivity index (χ4v) is 5.43. The lowest BCUT2D eigenvalue weighted by Crippen LogP contribution is -2.46. The van der Waals surface area contributed by atoms with Crippen LogP contribution in [0.5, 0.6) is 0 Å². The molecule has 2 heterocycles. The van der Waals surface area contributed by atoms with Crippen LogP contribution >= 0.6 is 11.3 Å². The monoisotopic (exact) mass is 536 g/mol. The summed E-state index contributed by atoms with van der Waals surface area (Å²) in [5.41, 5.74) is 0.553. The summed E-state index contributed by atoms with van der Waals surface area (Å²) < 4.78 is 13.8. The molecule has 0 bridgehead atoms. The van der Waals surface area contributed by atoms with Gasteiger partial charge in [0.25, 0.3) is 0 Å². The fraction of sp³-hybridized carbons (Fsp3) is 0.379. The number of carbonyl (C=O) groups is 3. The number of amides is 3. The molecule has 9 heteroatoms. The van der Waals surface area contributed by atoms with Gasteiger partial charge in [-0.15, -0.1) is 11.3 Å². The first-order chi connectivity index (χ1) is 18.5. The summed E-state index contributed by atoms with van der Waals surface area (Å²) in [5.74, 6) is -0.681. The predicted octanol–water partition coefficient (Wildman–Crippen LogP) is 5.61. The van der Waals surface area contributed by atoms with Gasteiger partial charge in [-0.2, -0.15) is 0 Å². The normalized spacial score (nSPS) is 14.4. The first kappa shape index (κ1) is 27.4. The topological polar surface area (TPSA) is 91.4 Å². The van der Waals surface area contributed by atoms with Gasteiger partial charge in [0.15, 0.2) is 0 Å². The van der Waals surface area contributed by atoms with Crippen molar-refractivity contribution in [3.05, 3.63) is 82.4 Å². The van der Waals surface area contributed by atoms with E-state index in [1.807, 2.05) is 17.5 Å². The molecular formula is C29H33FN4O3S. The Hall–Kier alpha value is -3.59. The highest BCUT2D eigenvalue weighted by Crippen LogP contribution is 2.28. The van der Waals surface area contributed by atoms with E-state index in [9.17, 15) is 18.8 Å². The average Bonchev–Trinajstić information content (AvgIpc) is 3.44. The summed E-state index contributed by atoms with van der Waals surface area (Å²) in [5, 5.41) is 7.81. The highest BCUT2D eigenvalue weighted by Gasteiger charge is 2.33. The van der Waals surface area contributed by atoms with Gasteiger partial charge in [-0.1, -0.05) is 43.5 Å². The number of carbonyl (C=O) groups excluding carboxylic acids is 3. The Kier molecular flexibility index (Phi) is 9.97. The molecule has 0 spiro atoms. The first-order valence-electron chi connectivity index (χ1n) is 13.1. The zero-order chi connectivity index (χ0) is 26.7. The third-order valence-electron chi connectivity index (χ3n) is 6.65. The molecule has 3 aromatic rings. The largest absolute Gasteiger partial charge is 0.351 e. The Balaban J connectivity index is 1.50. The maximum atomic E-state index is 13.8. The van der Waals surface area contributed by atoms with E-state index < -0.39 is 11.9 Å². The maximum Gasteiger partial charge on any atom is 0.247 e. The summed E-state index contributed by atoms with van der Waals surface area (Å²) >= 11 is 1.50. The van der Waals surface area contributed by atoms with Crippen LogP contribution in [-0.4, -0.2) is 33.6 Å². The molecule has 4 rings (SSSR count). The summed E-state index contributed by atoms with van der Waals surface area (Å²) in [4.78, 5) is 46.3. The molecule has 0 saturated heterocycles. The molecule has 3 amide bonds. The smallest absolute Gasteiger partial charge is 0.247 e. The molecule has 2 aromatic heterocycles. The zero-order valence-electron chi connectivity index (χ0n) is 21.3. The van der Waals surface area contributed by atoms with Gasteiger partial charge in [0.2, 0.25) is 17.7 Å². The quantitative estimate of drug-likeness (QED) is 0.333. The average molecular weight is 537 g/mol. The Bertz CT molecular complexity index is 1180. The Morgan fingerprint density at radius 1 is 1.00 bits per heavy atom. The molecule has 1 saturated carbocycles. The lowest BCUT2D eigenvalue weighted by molar-refractivity contribution is -0.142. The molecule has 38 heavy (non-hydrogen) atoms. The van der Waals surface area contributed by atoms with Crippen molar-refractivity contribution in [1.82, 2.24) is 15.2 Å². The number of aromatic nitrogens is 1. The molecule has 1 aliphatic carbocycles. The molecule has 1 aromatic carbocycles. The van der Waals surface area contributed by atoms with Crippen molar-refractivity contribution >= 4 is 34.9 Å². The van der Waals surface area contributed by atoms with E-state index in [1.165, 1.54) is 23.5 Å². The third-order valence-corrected chi connectivity index (χ3v) is 7.51. The van der Waals surface area contributed by atoms with E-state index in [0.717, 1.165) is 37.0 Å². The highest BCUT2D eigenvalue weighted by molar-refractivity contribution is 7.09. The van der Waals surface area contributed by atoms with Crippen molar-refractivity contribution in [1.29, 1.82) is 0 Å². The molecule has 7 nitrogen and oxygen atoms in total. The second kappa shape index (κ2) is 13.8. The predicted molar refractivity (Wildman–Crippen MR) is 146 cm³/mol. The van der Waals surface area contributed by atoms with Crippen LogP contribution in [0.25, 0.3) is 0 Å². The highest BCUT2D eigenvalue weighted by atomic mass is 32.1. The Morgan fingerprint density at radius 2 is 1.79 bits per heavy atom. The van der Waals surface area contributed by atoms with Crippen LogP contribution in [0, 0.1) is 5.82 Å². The van der Waals surface area contributed by atoms with Crippen molar-refractivity contribution < 1.29 is 18.8 Å². The number of rotatable bonds is 11. The van der Waals surface area contributed by atoms with Gasteiger partial charge in [0.05, 0.1) is 6.54 Å². The maximum absolute atomic E-state index is 13.8. The molecule has 1 atom stereocenters. The molecule has 200 valence electrons. The Labute approximate surface area is 226 Å². The Morgan fingerprint density at radius 3 is 2.47 bits per heavy atom. The lowest BCUT2D eigenvalue weighted by atomic mass is 9.94. The van der Waals surface area contributed by atoms with Crippen molar-refractivity contribution in [2.45, 2.75) is 70.0 Å². The summed E-state index contributed by atoms with van der Waals surface area (Å²) in [6, 6.07) is 14.0. The van der Waals surface area contributed by atoms with Crippen molar-refractivity contribution in [2.24, 2.45) is 0 Å². The summed E-state index contributed by atoms with van der Waals surface area (Å²) in [6.07, 6.45) is 7.24. The molecular weight excluding hydrogens is 503 g/mol. The SMILES string of the molecule is O=C(CCCC(=O)N(Cc1cccs1)[C@@H](C(=O)NC1CCCCC1)c1ccc(F)cc1)Nc1ccccn1. The van der Waals surface area contributed by atoms with Gasteiger partial charge in [0, 0.05) is 30.0 Å². The van der Waals surface area contributed by atoms with Crippen molar-refractivity contribution in [3.63, 3.8) is 0 Å². The molecule has 1 aliphatic rings. The van der Waals surface area contributed by atoms with Crippen LogP contribution in [0.4, 0.5) is 10.2 Å². The van der Waals surface area contributed by atoms with Crippen LogP contribution in [0.3, 0.4) is 0 Å². The number of thiophene rings is 1. The molecule has 0 radical (unpaired) electrons. The number of hydrogen-bond acceptors (Lipinski definition) is 5. The van der Waals surface area contributed by atoms with Gasteiger partial charge in [0.1, 0.15) is 17.7 Å². The first-order valence-corrected chi connectivity index (χ1v) is 14.0. The number of anilines is 1. The minimum Gasteiger partial charge on any atom is -0.351 e. The standard InChI is InChI=1S/C29H33FN4O3S/c30-22-16-14-21(15-17-22)28(29(37)32-23-8-2-1-3-9-23)34(20-24-10-7-19-38-24)27(36)13-6-12-26(35)33-25-11-4-5-18-31-25/h4-5,7,10-11,14-19,23,28H,1-3,6,8-9,12-13,20H2,(H,32,37)(H,31,33,35)/t28-/m1/s1. The van der Waals surface area contributed by atoms with Crippen LogP contribution in [0.1, 0.15) is 67.8 Å². The molecule has 0 unspecified atom stereocenters. The van der Waals surface area contributed by atoms with Crippen LogP contribution in [-0.2, 0) is 20.9 Å². The lowest BCUT2D eigenvalue weighted by Gasteiger charge is -2.33. The van der Waals surface area contributed by atoms with Gasteiger partial charge in [-0.3, -0.25) is 14.4 Å². The van der Waals surface area contributed by atoms with E-state index in [4.69, 9.17) is 0 Å². The van der Waals surface area contributed by atoms with E-state index in [-0.39, 0.29) is 43.1 Å². The summed E-state index contributed by atoms with van der Waals surface area (Å²) in [7, 11) is 0. The number of pyridine rings is 1. The number of benzene rings is 1. The molecule has 0 aliphatic heterocycles. The van der Waals surface area contributed by atoms with E-state index in [0.29, 0.717) is 17.8 Å². The zero-order valence-corrected chi connectivity index (χ0v) is 22.1. The number of nitrogens with one attached hydrogen (secondary N) is 2. The van der Waals surface area contributed by atoms with Crippen molar-refractivity contribution in [2.75, 3.05) is 5.32 Å².